The van der Waals surface area contributed by atoms with Crippen molar-refractivity contribution in [1.82, 2.24) is 0 Å². The molecule has 0 N–H and O–H groups in total. The molecule has 0 spiro atoms. The molecule has 0 saturated carbocycles. The van der Waals surface area contributed by atoms with Crippen LogP contribution in [0.1, 0.15) is 35.2 Å². The molecule has 2 unspecified atom stereocenters. The van der Waals surface area contributed by atoms with Crippen molar-refractivity contribution in [3.8, 4) is 5.75 Å². The Morgan fingerprint density at radius 1 is 0.868 bits per heavy atom. The van der Waals surface area contributed by atoms with Gasteiger partial charge in [-0.2, -0.15) is 30.7 Å². The summed E-state index contributed by atoms with van der Waals surface area (Å²) in [6, 6.07) is 19.2. The largest absolute Gasteiger partial charge is 0.461 e. The average molecular weight is 536 g/mol. The van der Waals surface area contributed by atoms with Gasteiger partial charge in [-0.15, -0.1) is 0 Å². The second kappa shape index (κ2) is 9.89. The van der Waals surface area contributed by atoms with Crippen LogP contribution in [0.3, 0.4) is 0 Å². The number of alkyl halides is 7. The minimum atomic E-state index is -4.71. The van der Waals surface area contributed by atoms with Gasteiger partial charge in [0.1, 0.15) is 5.75 Å². The number of hydrogen-bond donors (Lipinski definition) is 0. The molecule has 0 amide bonds. The van der Waals surface area contributed by atoms with Crippen LogP contribution < -0.4 is 14.5 Å². The van der Waals surface area contributed by atoms with Gasteiger partial charge in [0.15, 0.2) is 0 Å². The number of halogens is 7. The molecular weight excluding hydrogens is 513 g/mol. The molecule has 1 aliphatic heterocycles. The number of anilines is 2. The van der Waals surface area contributed by atoms with Crippen LogP contribution in [0.15, 0.2) is 78.9 Å². The first-order chi connectivity index (χ1) is 18.0. The Kier molecular flexibility index (Phi) is 6.75. The zero-order chi connectivity index (χ0) is 27.1. The van der Waals surface area contributed by atoms with Crippen LogP contribution in [0.25, 0.3) is 6.08 Å². The molecule has 1 aliphatic carbocycles. The maximum absolute atomic E-state index is 13.6. The van der Waals surface area contributed by atoms with Crippen LogP contribution in [0.2, 0.25) is 0 Å². The molecule has 38 heavy (non-hydrogen) atoms. The quantitative estimate of drug-likeness (QED) is 0.285. The smallest absolute Gasteiger partial charge is 0.428 e. The van der Waals surface area contributed by atoms with Crippen LogP contribution >= 0.6 is 0 Å². The SMILES string of the molecule is FC(F)C(F)(F)Oc1cccc(C2CN(C3C=Cc4ccccc43)c3ccccc3N2CCC(F)(F)F)c1. The van der Waals surface area contributed by atoms with E-state index >= 15 is 0 Å². The zero-order valence-electron chi connectivity index (χ0n) is 19.9. The molecule has 0 fully saturated rings. The molecular formula is C28H23F7N2O. The predicted molar refractivity (Wildman–Crippen MR) is 131 cm³/mol. The topological polar surface area (TPSA) is 15.7 Å². The standard InChI is InChI=1S/C28H23F7N2O/c29-26(30)28(34,35)38-20-8-5-7-19(16-20)25-17-37(22-13-12-18-6-1-2-9-21(18)22)24-11-4-3-10-23(24)36(25)15-14-27(31,32)33/h1-13,16,22,25-26H,14-15,17H2. The highest BCUT2D eigenvalue weighted by molar-refractivity contribution is 5.77. The molecule has 200 valence electrons. The van der Waals surface area contributed by atoms with Crippen molar-refractivity contribution >= 4 is 17.5 Å². The van der Waals surface area contributed by atoms with Gasteiger partial charge >= 0.3 is 18.7 Å². The van der Waals surface area contributed by atoms with Crippen molar-refractivity contribution in [1.29, 1.82) is 0 Å². The first-order valence-electron chi connectivity index (χ1n) is 11.9. The van der Waals surface area contributed by atoms with Crippen molar-refractivity contribution in [2.45, 2.75) is 37.2 Å². The van der Waals surface area contributed by atoms with Crippen molar-refractivity contribution in [2.75, 3.05) is 22.9 Å². The predicted octanol–water partition coefficient (Wildman–Crippen LogP) is 8.01. The molecule has 0 aromatic heterocycles. The monoisotopic (exact) mass is 536 g/mol. The van der Waals surface area contributed by atoms with E-state index in [-0.39, 0.29) is 19.1 Å². The minimum Gasteiger partial charge on any atom is -0.428 e. The third-order valence-corrected chi connectivity index (χ3v) is 6.74. The molecule has 1 heterocycles. The summed E-state index contributed by atoms with van der Waals surface area (Å²) in [7, 11) is 0. The number of nitrogens with zero attached hydrogens (tertiary/aromatic N) is 2. The number of benzene rings is 3. The third-order valence-electron chi connectivity index (χ3n) is 6.74. The van der Waals surface area contributed by atoms with Crippen molar-refractivity contribution in [3.05, 3.63) is 95.6 Å². The number of para-hydroxylation sites is 2. The second-order valence-electron chi connectivity index (χ2n) is 9.19. The summed E-state index contributed by atoms with van der Waals surface area (Å²) in [4.78, 5) is 3.65. The summed E-state index contributed by atoms with van der Waals surface area (Å²) in [6.07, 6.45) is -10.3. The first-order valence-corrected chi connectivity index (χ1v) is 11.9. The van der Waals surface area contributed by atoms with Gasteiger partial charge in [-0.1, -0.05) is 60.7 Å². The van der Waals surface area contributed by atoms with E-state index in [1.165, 1.54) is 12.1 Å². The highest BCUT2D eigenvalue weighted by Gasteiger charge is 2.44. The van der Waals surface area contributed by atoms with Crippen molar-refractivity contribution in [3.63, 3.8) is 0 Å². The molecule has 10 heteroatoms. The van der Waals surface area contributed by atoms with E-state index in [2.05, 4.69) is 9.64 Å². The normalized spacial score (nSPS) is 19.1. The van der Waals surface area contributed by atoms with E-state index in [1.54, 1.807) is 29.2 Å². The molecule has 0 bridgehead atoms. The summed E-state index contributed by atoms with van der Waals surface area (Å²) >= 11 is 0. The summed E-state index contributed by atoms with van der Waals surface area (Å²) in [5, 5.41) is 0. The third kappa shape index (κ3) is 5.16. The summed E-state index contributed by atoms with van der Waals surface area (Å²) in [6.45, 7) is -0.165. The van der Waals surface area contributed by atoms with Gasteiger partial charge < -0.3 is 14.5 Å². The fraction of sp³-hybridized carbons (Fsp3) is 0.286. The Labute approximate surface area is 214 Å². The molecule has 5 rings (SSSR count). The number of ether oxygens (including phenoxy) is 1. The Bertz CT molecular complexity index is 1320. The minimum absolute atomic E-state index is 0.206. The first kappa shape index (κ1) is 25.9. The van der Waals surface area contributed by atoms with Crippen LogP contribution in [-0.4, -0.2) is 31.8 Å². The number of fused-ring (bicyclic) bond motifs is 2. The lowest BCUT2D eigenvalue weighted by Gasteiger charge is -2.47. The second-order valence-corrected chi connectivity index (χ2v) is 9.19. The van der Waals surface area contributed by atoms with Crippen LogP contribution in [-0.2, 0) is 0 Å². The molecule has 0 saturated heterocycles. The van der Waals surface area contributed by atoms with Crippen LogP contribution in [0.5, 0.6) is 5.75 Å². The van der Waals surface area contributed by atoms with Gasteiger partial charge in [0.2, 0.25) is 0 Å². The van der Waals surface area contributed by atoms with Crippen molar-refractivity contribution < 1.29 is 35.5 Å². The highest BCUT2D eigenvalue weighted by atomic mass is 19.4. The van der Waals surface area contributed by atoms with E-state index in [4.69, 9.17) is 0 Å². The van der Waals surface area contributed by atoms with Gasteiger partial charge in [0, 0.05) is 13.1 Å². The number of rotatable bonds is 7. The summed E-state index contributed by atoms with van der Waals surface area (Å²) < 4.78 is 96.9. The zero-order valence-corrected chi connectivity index (χ0v) is 19.9. The van der Waals surface area contributed by atoms with Gasteiger partial charge in [-0.3, -0.25) is 0 Å². The van der Waals surface area contributed by atoms with E-state index in [9.17, 15) is 30.7 Å². The van der Waals surface area contributed by atoms with Gasteiger partial charge in [-0.05, 0) is 41.0 Å². The molecule has 2 aliphatic rings. The van der Waals surface area contributed by atoms with E-state index in [0.29, 0.717) is 11.3 Å². The summed E-state index contributed by atoms with van der Waals surface area (Å²) in [5.74, 6) is -0.500. The molecule has 3 nitrogen and oxygen atoms in total. The van der Waals surface area contributed by atoms with Gasteiger partial charge in [-0.25, -0.2) is 0 Å². The van der Waals surface area contributed by atoms with Crippen LogP contribution in [0.4, 0.5) is 42.1 Å². The van der Waals surface area contributed by atoms with Gasteiger partial charge in [0.25, 0.3) is 0 Å². The lowest BCUT2D eigenvalue weighted by molar-refractivity contribution is -0.253. The summed E-state index contributed by atoms with van der Waals surface area (Å²) in [5.41, 5.74) is 3.70. The maximum atomic E-state index is 13.6. The van der Waals surface area contributed by atoms with Gasteiger partial charge in [0.05, 0.1) is 29.9 Å². The van der Waals surface area contributed by atoms with Crippen LogP contribution in [0, 0.1) is 0 Å². The van der Waals surface area contributed by atoms with E-state index in [1.807, 2.05) is 42.5 Å². The average Bonchev–Trinajstić information content (AvgIpc) is 3.30. The Morgan fingerprint density at radius 3 is 2.32 bits per heavy atom. The maximum Gasteiger partial charge on any atom is 0.461 e. The molecule has 3 aromatic rings. The Hall–Kier alpha value is -3.69. The Morgan fingerprint density at radius 2 is 1.58 bits per heavy atom. The highest BCUT2D eigenvalue weighted by Crippen LogP contribution is 2.47. The molecule has 3 aromatic carbocycles. The fourth-order valence-electron chi connectivity index (χ4n) is 5.06. The molecule has 0 radical (unpaired) electrons. The lowest BCUT2D eigenvalue weighted by atomic mass is 9.96. The Balaban J connectivity index is 1.57. The van der Waals surface area contributed by atoms with E-state index in [0.717, 1.165) is 22.9 Å². The fourth-order valence-corrected chi connectivity index (χ4v) is 5.06. The van der Waals surface area contributed by atoms with Crippen molar-refractivity contribution in [2.24, 2.45) is 0 Å². The lowest BCUT2D eigenvalue weighted by Crippen LogP contribution is -2.45. The van der Waals surface area contributed by atoms with E-state index < -0.39 is 36.9 Å². The number of hydrogen-bond acceptors (Lipinski definition) is 3. The molecule has 2 atom stereocenters.